The van der Waals surface area contributed by atoms with Crippen LogP contribution in [0.5, 0.6) is 0 Å². The molecule has 0 spiro atoms. The Bertz CT molecular complexity index is 1170. The van der Waals surface area contributed by atoms with E-state index in [-0.39, 0.29) is 17.9 Å². The molecule has 0 aliphatic heterocycles. The van der Waals surface area contributed by atoms with Crippen LogP contribution in [0.15, 0.2) is 73.2 Å². The summed E-state index contributed by atoms with van der Waals surface area (Å²) in [5.74, 6) is -0.342. The lowest BCUT2D eigenvalue weighted by Crippen LogP contribution is -2.25. The van der Waals surface area contributed by atoms with E-state index in [1.807, 2.05) is 6.07 Å². The largest absolute Gasteiger partial charge is 0.416 e. The third-order valence-electron chi connectivity index (χ3n) is 4.39. The van der Waals surface area contributed by atoms with E-state index < -0.39 is 17.6 Å². The summed E-state index contributed by atoms with van der Waals surface area (Å²) in [6.07, 6.45) is 0.459. The molecule has 0 aliphatic rings. The first-order chi connectivity index (χ1) is 13.9. The number of nitrogens with zero attached hydrogens (tertiary/aromatic N) is 3. The number of rotatable bonds is 4. The molecule has 4 rings (SSSR count). The van der Waals surface area contributed by atoms with Crippen LogP contribution in [-0.2, 0) is 12.7 Å². The SMILES string of the molecule is O=C(NCc1cccnc1)c1nc(-c2cccc(C(F)(F)F)c2)c2ccccn12. The summed E-state index contributed by atoms with van der Waals surface area (Å²) in [7, 11) is 0. The van der Waals surface area contributed by atoms with Crippen LogP contribution in [-0.4, -0.2) is 20.3 Å². The average Bonchev–Trinajstić information content (AvgIpc) is 3.12. The molecule has 0 atom stereocenters. The van der Waals surface area contributed by atoms with Gasteiger partial charge in [0, 0.05) is 30.7 Å². The average molecular weight is 396 g/mol. The molecule has 1 aromatic carbocycles. The van der Waals surface area contributed by atoms with Gasteiger partial charge in [0.1, 0.15) is 0 Å². The zero-order valence-corrected chi connectivity index (χ0v) is 15.0. The highest BCUT2D eigenvalue weighted by Crippen LogP contribution is 2.33. The Kier molecular flexibility index (Phi) is 4.75. The topological polar surface area (TPSA) is 59.3 Å². The zero-order chi connectivity index (χ0) is 20.4. The van der Waals surface area contributed by atoms with Crippen molar-refractivity contribution in [2.75, 3.05) is 0 Å². The number of hydrogen-bond donors (Lipinski definition) is 1. The Hall–Kier alpha value is -3.68. The van der Waals surface area contributed by atoms with E-state index in [1.165, 1.54) is 6.07 Å². The lowest BCUT2D eigenvalue weighted by Gasteiger charge is -2.07. The summed E-state index contributed by atoms with van der Waals surface area (Å²) >= 11 is 0. The third-order valence-corrected chi connectivity index (χ3v) is 4.39. The van der Waals surface area contributed by atoms with Crippen LogP contribution >= 0.6 is 0 Å². The number of halogens is 3. The van der Waals surface area contributed by atoms with Crippen LogP contribution in [0.2, 0.25) is 0 Å². The first-order valence-corrected chi connectivity index (χ1v) is 8.75. The molecule has 4 aromatic rings. The predicted molar refractivity (Wildman–Crippen MR) is 101 cm³/mol. The number of carbonyl (C=O) groups excluding carboxylic acids is 1. The zero-order valence-electron chi connectivity index (χ0n) is 15.0. The standard InChI is InChI=1S/C21H15F3N4O/c22-21(23,24)16-7-3-6-15(11-16)18-17-8-1-2-10-28(17)19(27-18)20(29)26-13-14-5-4-9-25-12-14/h1-12H,13H2,(H,26,29). The normalized spacial score (nSPS) is 11.6. The minimum absolute atomic E-state index is 0.0944. The molecule has 0 unspecified atom stereocenters. The second-order valence-electron chi connectivity index (χ2n) is 6.36. The van der Waals surface area contributed by atoms with Crippen LogP contribution in [0.4, 0.5) is 13.2 Å². The Morgan fingerprint density at radius 3 is 2.69 bits per heavy atom. The molecule has 3 aromatic heterocycles. The number of imidazole rings is 1. The first-order valence-electron chi connectivity index (χ1n) is 8.75. The number of alkyl halides is 3. The Morgan fingerprint density at radius 2 is 1.93 bits per heavy atom. The van der Waals surface area contributed by atoms with E-state index in [0.29, 0.717) is 11.2 Å². The highest BCUT2D eigenvalue weighted by molar-refractivity contribution is 5.94. The van der Waals surface area contributed by atoms with Crippen LogP contribution < -0.4 is 5.32 Å². The lowest BCUT2D eigenvalue weighted by atomic mass is 10.1. The van der Waals surface area contributed by atoms with Crippen molar-refractivity contribution in [1.82, 2.24) is 19.7 Å². The number of aromatic nitrogens is 3. The minimum Gasteiger partial charge on any atom is -0.345 e. The van der Waals surface area contributed by atoms with Gasteiger partial charge in [0.05, 0.1) is 16.8 Å². The van der Waals surface area contributed by atoms with Crippen molar-refractivity contribution in [3.8, 4) is 11.3 Å². The summed E-state index contributed by atoms with van der Waals surface area (Å²) in [6, 6.07) is 13.7. The first kappa shape index (κ1) is 18.7. The Balaban J connectivity index is 1.71. The van der Waals surface area contributed by atoms with Gasteiger partial charge in [-0.1, -0.05) is 24.3 Å². The van der Waals surface area contributed by atoms with Crippen LogP contribution in [0.1, 0.15) is 21.7 Å². The van der Waals surface area contributed by atoms with Gasteiger partial charge in [0.2, 0.25) is 5.82 Å². The molecule has 0 fully saturated rings. The molecule has 3 heterocycles. The highest BCUT2D eigenvalue weighted by Gasteiger charge is 2.31. The maximum Gasteiger partial charge on any atom is 0.416 e. The molecule has 1 amide bonds. The van der Waals surface area contributed by atoms with Crippen molar-refractivity contribution in [2.24, 2.45) is 0 Å². The number of hydrogen-bond acceptors (Lipinski definition) is 3. The van der Waals surface area contributed by atoms with Gasteiger partial charge in [-0.15, -0.1) is 0 Å². The van der Waals surface area contributed by atoms with Gasteiger partial charge in [0.15, 0.2) is 0 Å². The number of benzene rings is 1. The fourth-order valence-corrected chi connectivity index (χ4v) is 3.02. The van der Waals surface area contributed by atoms with Crippen LogP contribution in [0, 0.1) is 0 Å². The smallest absolute Gasteiger partial charge is 0.345 e. The van der Waals surface area contributed by atoms with Gasteiger partial charge in [-0.3, -0.25) is 14.2 Å². The van der Waals surface area contributed by atoms with Crippen molar-refractivity contribution in [2.45, 2.75) is 12.7 Å². The van der Waals surface area contributed by atoms with Gasteiger partial charge >= 0.3 is 6.18 Å². The number of pyridine rings is 2. The molecule has 1 N–H and O–H groups in total. The van der Waals surface area contributed by atoms with E-state index in [4.69, 9.17) is 0 Å². The van der Waals surface area contributed by atoms with Crippen molar-refractivity contribution < 1.29 is 18.0 Å². The fourth-order valence-electron chi connectivity index (χ4n) is 3.02. The van der Waals surface area contributed by atoms with Crippen molar-refractivity contribution in [1.29, 1.82) is 0 Å². The maximum absolute atomic E-state index is 13.1. The van der Waals surface area contributed by atoms with Gasteiger partial charge in [-0.25, -0.2) is 4.98 Å². The van der Waals surface area contributed by atoms with Gasteiger partial charge in [-0.2, -0.15) is 13.2 Å². The Morgan fingerprint density at radius 1 is 1.07 bits per heavy atom. The summed E-state index contributed by atoms with van der Waals surface area (Å²) < 4.78 is 40.9. The van der Waals surface area contributed by atoms with E-state index in [2.05, 4.69) is 15.3 Å². The quantitative estimate of drug-likeness (QED) is 0.558. The van der Waals surface area contributed by atoms with Crippen LogP contribution in [0.3, 0.4) is 0 Å². The monoisotopic (exact) mass is 396 g/mol. The second-order valence-corrected chi connectivity index (χ2v) is 6.36. The number of carbonyl (C=O) groups is 1. The lowest BCUT2D eigenvalue weighted by molar-refractivity contribution is -0.137. The van der Waals surface area contributed by atoms with E-state index in [0.717, 1.165) is 17.7 Å². The summed E-state index contributed by atoms with van der Waals surface area (Å²) in [5, 5.41) is 2.77. The molecule has 0 saturated heterocycles. The van der Waals surface area contributed by atoms with E-state index >= 15 is 0 Å². The van der Waals surface area contributed by atoms with Gasteiger partial charge in [-0.05, 0) is 35.9 Å². The summed E-state index contributed by atoms with van der Waals surface area (Å²) in [6.45, 7) is 0.257. The molecule has 146 valence electrons. The molecule has 8 heteroatoms. The molecular formula is C21H15F3N4O. The summed E-state index contributed by atoms with van der Waals surface area (Å²) in [4.78, 5) is 21.1. The molecule has 0 bridgehead atoms. The highest BCUT2D eigenvalue weighted by atomic mass is 19.4. The molecule has 0 radical (unpaired) electrons. The van der Waals surface area contributed by atoms with Gasteiger partial charge in [0.25, 0.3) is 5.91 Å². The molecule has 29 heavy (non-hydrogen) atoms. The fraction of sp³-hybridized carbons (Fsp3) is 0.0952. The van der Waals surface area contributed by atoms with Crippen molar-refractivity contribution in [3.05, 3.63) is 90.1 Å². The molecule has 5 nitrogen and oxygen atoms in total. The Labute approximate surface area is 163 Å². The number of amides is 1. The predicted octanol–water partition coefficient (Wildman–Crippen LogP) is 4.35. The molecular weight excluding hydrogens is 381 g/mol. The molecule has 0 aliphatic carbocycles. The third kappa shape index (κ3) is 3.82. The van der Waals surface area contributed by atoms with Crippen molar-refractivity contribution >= 4 is 11.4 Å². The van der Waals surface area contributed by atoms with Crippen LogP contribution in [0.25, 0.3) is 16.8 Å². The maximum atomic E-state index is 13.1. The van der Waals surface area contributed by atoms with Gasteiger partial charge < -0.3 is 5.32 Å². The number of fused-ring (bicyclic) bond motifs is 1. The van der Waals surface area contributed by atoms with E-state index in [9.17, 15) is 18.0 Å². The summed E-state index contributed by atoms with van der Waals surface area (Å²) in [5.41, 5.74) is 1.19. The second kappa shape index (κ2) is 7.38. The van der Waals surface area contributed by atoms with Crippen molar-refractivity contribution in [3.63, 3.8) is 0 Å². The van der Waals surface area contributed by atoms with E-state index in [1.54, 1.807) is 53.3 Å². The number of nitrogens with one attached hydrogen (secondary N) is 1. The minimum atomic E-state index is -4.46. The molecule has 0 saturated carbocycles.